The minimum Gasteiger partial charge on any atom is -0.359 e. The van der Waals surface area contributed by atoms with Crippen LogP contribution in [0, 0.1) is 5.92 Å². The summed E-state index contributed by atoms with van der Waals surface area (Å²) in [6.45, 7) is 0.902. The summed E-state index contributed by atoms with van der Waals surface area (Å²) in [5, 5.41) is 2.58. The third-order valence-electron chi connectivity index (χ3n) is 2.85. The molecule has 1 saturated heterocycles. The van der Waals surface area contributed by atoms with Gasteiger partial charge in [-0.3, -0.25) is 9.59 Å². The number of carbonyl (C=O) groups excluding carboxylic acids is 2. The first kappa shape index (κ1) is 14.0. The van der Waals surface area contributed by atoms with Crippen LogP contribution in [0.2, 0.25) is 0 Å². The lowest BCUT2D eigenvalue weighted by Gasteiger charge is -2.30. The lowest BCUT2D eigenvalue weighted by molar-refractivity contribution is -0.133. The monoisotopic (exact) mass is 262 g/mol. The van der Waals surface area contributed by atoms with Gasteiger partial charge in [0.15, 0.2) is 9.84 Å². The van der Waals surface area contributed by atoms with Gasteiger partial charge in [0.1, 0.15) is 5.75 Å². The van der Waals surface area contributed by atoms with Crippen LogP contribution in [0.3, 0.4) is 0 Å². The van der Waals surface area contributed by atoms with Crippen molar-refractivity contribution in [2.24, 2.45) is 5.92 Å². The van der Waals surface area contributed by atoms with Gasteiger partial charge in [-0.15, -0.1) is 0 Å². The minimum atomic E-state index is -3.28. The Morgan fingerprint density at radius 1 is 1.29 bits per heavy atom. The minimum absolute atomic E-state index is 0.0137. The summed E-state index contributed by atoms with van der Waals surface area (Å²) in [7, 11) is -1.69. The molecule has 0 saturated carbocycles. The first-order valence-electron chi connectivity index (χ1n) is 5.50. The Morgan fingerprint density at radius 2 is 1.82 bits per heavy atom. The van der Waals surface area contributed by atoms with Crippen molar-refractivity contribution in [2.45, 2.75) is 12.8 Å². The zero-order chi connectivity index (χ0) is 13.1. The Hall–Kier alpha value is -1.11. The second-order valence-electron chi connectivity index (χ2n) is 4.34. The predicted octanol–water partition coefficient (Wildman–Crippen LogP) is -0.984. The van der Waals surface area contributed by atoms with Crippen LogP contribution in [0.25, 0.3) is 0 Å². The molecule has 1 fully saturated rings. The van der Waals surface area contributed by atoms with Gasteiger partial charge in [0.2, 0.25) is 11.8 Å². The van der Waals surface area contributed by atoms with Crippen molar-refractivity contribution >= 4 is 21.7 Å². The Bertz CT molecular complexity index is 397. The molecule has 98 valence electrons. The highest BCUT2D eigenvalue weighted by atomic mass is 32.2. The van der Waals surface area contributed by atoms with Gasteiger partial charge in [-0.05, 0) is 12.8 Å². The normalized spacial score (nSPS) is 17.9. The molecule has 0 aromatic carbocycles. The van der Waals surface area contributed by atoms with Crippen LogP contribution in [0.4, 0.5) is 0 Å². The van der Waals surface area contributed by atoms with E-state index in [0.717, 1.165) is 6.26 Å². The Balaban J connectivity index is 2.47. The first-order valence-corrected chi connectivity index (χ1v) is 7.56. The molecule has 0 bridgehead atoms. The van der Waals surface area contributed by atoms with Crippen LogP contribution in [-0.2, 0) is 19.4 Å². The maximum atomic E-state index is 11.6. The highest BCUT2D eigenvalue weighted by molar-refractivity contribution is 7.91. The molecule has 0 aromatic rings. The number of hydrogen-bond acceptors (Lipinski definition) is 4. The number of amides is 2. The Labute approximate surface area is 101 Å². The van der Waals surface area contributed by atoms with E-state index in [4.69, 9.17) is 0 Å². The molecular formula is C10H18N2O4S. The summed E-state index contributed by atoms with van der Waals surface area (Å²) in [6, 6.07) is 0. The number of piperidine rings is 1. The largest absolute Gasteiger partial charge is 0.359 e. The molecule has 6 nitrogen and oxygen atoms in total. The summed E-state index contributed by atoms with van der Waals surface area (Å²) in [5.74, 6) is -0.900. The molecule has 1 rings (SSSR count). The second-order valence-corrected chi connectivity index (χ2v) is 6.48. The number of nitrogens with one attached hydrogen (secondary N) is 1. The number of nitrogens with zero attached hydrogens (tertiary/aromatic N) is 1. The molecule has 0 aromatic heterocycles. The van der Waals surface area contributed by atoms with Gasteiger partial charge in [-0.2, -0.15) is 0 Å². The van der Waals surface area contributed by atoms with Gasteiger partial charge in [-0.25, -0.2) is 8.42 Å². The Kier molecular flexibility index (Phi) is 4.50. The van der Waals surface area contributed by atoms with Crippen LogP contribution in [0.15, 0.2) is 0 Å². The van der Waals surface area contributed by atoms with E-state index >= 15 is 0 Å². The summed E-state index contributed by atoms with van der Waals surface area (Å²) < 4.78 is 22.0. The highest BCUT2D eigenvalue weighted by Crippen LogP contribution is 2.17. The standard InChI is InChI=1S/C10H18N2O4S/c1-11-10(14)8-3-5-12(6-4-8)9(13)7-17(2,15)16/h8H,3-7H2,1-2H3,(H,11,14). The van der Waals surface area contributed by atoms with E-state index in [-0.39, 0.29) is 17.7 Å². The van der Waals surface area contributed by atoms with Crippen LogP contribution in [0.1, 0.15) is 12.8 Å². The van der Waals surface area contributed by atoms with E-state index < -0.39 is 15.6 Å². The SMILES string of the molecule is CNC(=O)C1CCN(C(=O)CS(C)(=O)=O)CC1. The molecule has 2 amide bonds. The maximum absolute atomic E-state index is 11.6. The fraction of sp³-hybridized carbons (Fsp3) is 0.800. The van der Waals surface area contributed by atoms with Crippen molar-refractivity contribution in [1.29, 1.82) is 0 Å². The third kappa shape index (κ3) is 4.33. The summed E-state index contributed by atoms with van der Waals surface area (Å²) >= 11 is 0. The van der Waals surface area contributed by atoms with Crippen molar-refractivity contribution < 1.29 is 18.0 Å². The zero-order valence-electron chi connectivity index (χ0n) is 10.1. The second kappa shape index (κ2) is 5.48. The average molecular weight is 262 g/mol. The Morgan fingerprint density at radius 3 is 2.24 bits per heavy atom. The molecular weight excluding hydrogens is 244 g/mol. The van der Waals surface area contributed by atoms with E-state index in [0.29, 0.717) is 25.9 Å². The molecule has 1 aliphatic rings. The van der Waals surface area contributed by atoms with Crippen molar-refractivity contribution in [3.8, 4) is 0 Å². The van der Waals surface area contributed by atoms with Crippen LogP contribution < -0.4 is 5.32 Å². The molecule has 0 unspecified atom stereocenters. The van der Waals surface area contributed by atoms with E-state index in [1.165, 1.54) is 4.90 Å². The average Bonchev–Trinajstić information content (AvgIpc) is 2.26. The van der Waals surface area contributed by atoms with E-state index in [1.807, 2.05) is 0 Å². The van der Waals surface area contributed by atoms with Crippen LogP contribution in [0.5, 0.6) is 0 Å². The topological polar surface area (TPSA) is 83.6 Å². The summed E-state index contributed by atoms with van der Waals surface area (Å²) in [6.07, 6.45) is 2.23. The van der Waals surface area contributed by atoms with Gasteiger partial charge in [0, 0.05) is 32.3 Å². The summed E-state index contributed by atoms with van der Waals surface area (Å²) in [5.41, 5.74) is 0. The van der Waals surface area contributed by atoms with Gasteiger partial charge < -0.3 is 10.2 Å². The van der Waals surface area contributed by atoms with E-state index in [1.54, 1.807) is 7.05 Å². The van der Waals surface area contributed by atoms with Crippen molar-refractivity contribution in [3.05, 3.63) is 0 Å². The quantitative estimate of drug-likeness (QED) is 0.708. The van der Waals surface area contributed by atoms with Crippen LogP contribution in [-0.4, -0.2) is 57.3 Å². The maximum Gasteiger partial charge on any atom is 0.237 e. The zero-order valence-corrected chi connectivity index (χ0v) is 10.9. The molecule has 0 atom stereocenters. The van der Waals surface area contributed by atoms with Crippen molar-refractivity contribution in [2.75, 3.05) is 32.1 Å². The highest BCUT2D eigenvalue weighted by Gasteiger charge is 2.27. The molecule has 17 heavy (non-hydrogen) atoms. The molecule has 0 aliphatic carbocycles. The van der Waals surface area contributed by atoms with E-state index in [9.17, 15) is 18.0 Å². The predicted molar refractivity (Wildman–Crippen MR) is 63.1 cm³/mol. The lowest BCUT2D eigenvalue weighted by Crippen LogP contribution is -2.44. The number of hydrogen-bond donors (Lipinski definition) is 1. The smallest absolute Gasteiger partial charge is 0.237 e. The van der Waals surface area contributed by atoms with Gasteiger partial charge >= 0.3 is 0 Å². The first-order chi connectivity index (χ1) is 7.83. The molecule has 1 heterocycles. The molecule has 1 N–H and O–H groups in total. The van der Waals surface area contributed by atoms with E-state index in [2.05, 4.69) is 5.32 Å². The lowest BCUT2D eigenvalue weighted by atomic mass is 9.96. The van der Waals surface area contributed by atoms with Crippen molar-refractivity contribution in [1.82, 2.24) is 10.2 Å². The third-order valence-corrected chi connectivity index (χ3v) is 3.62. The number of likely N-dealkylation sites (tertiary alicyclic amines) is 1. The molecule has 7 heteroatoms. The van der Waals surface area contributed by atoms with Crippen LogP contribution >= 0.6 is 0 Å². The van der Waals surface area contributed by atoms with Gasteiger partial charge in [0.05, 0.1) is 0 Å². The number of sulfone groups is 1. The molecule has 0 radical (unpaired) electrons. The van der Waals surface area contributed by atoms with Gasteiger partial charge in [-0.1, -0.05) is 0 Å². The number of rotatable bonds is 3. The fourth-order valence-electron chi connectivity index (χ4n) is 1.91. The summed E-state index contributed by atoms with van der Waals surface area (Å²) in [4.78, 5) is 24.5. The molecule has 0 spiro atoms. The molecule has 1 aliphatic heterocycles. The number of carbonyl (C=O) groups is 2. The van der Waals surface area contributed by atoms with Gasteiger partial charge in [0.25, 0.3) is 0 Å². The fourth-order valence-corrected chi connectivity index (χ4v) is 2.54. The van der Waals surface area contributed by atoms with Crippen molar-refractivity contribution in [3.63, 3.8) is 0 Å².